The first-order valence-electron chi connectivity index (χ1n) is 8.25. The molecule has 1 amide bonds. The van der Waals surface area contributed by atoms with E-state index in [1.165, 1.54) is 24.7 Å². The summed E-state index contributed by atoms with van der Waals surface area (Å²) < 4.78 is 3.34. The minimum atomic E-state index is -0.347. The summed E-state index contributed by atoms with van der Waals surface area (Å²) in [4.78, 5) is 20.1. The van der Waals surface area contributed by atoms with Gasteiger partial charge in [0.15, 0.2) is 5.82 Å². The molecule has 4 aromatic heterocycles. The van der Waals surface area contributed by atoms with E-state index in [9.17, 15) is 10.1 Å². The molecule has 0 saturated carbocycles. The van der Waals surface area contributed by atoms with E-state index in [4.69, 9.17) is 0 Å². The summed E-state index contributed by atoms with van der Waals surface area (Å²) in [7, 11) is 1.84. The Morgan fingerprint density at radius 3 is 2.61 bits per heavy atom. The molecule has 4 aromatic rings. The standard InChI is InChI=1S/C19H14N8O/c1-3-17(28)25-15-8-21-19(22-9-15)16-4-12(14-7-23-26(2)10-14)11-27-18(16)13(5-20)6-24-27/h3-4,6-11H,1H2,2H3,(H,25,28). The molecule has 0 spiro atoms. The fourth-order valence-electron chi connectivity index (χ4n) is 2.83. The zero-order valence-electron chi connectivity index (χ0n) is 14.9. The van der Waals surface area contributed by atoms with Crippen molar-refractivity contribution in [1.82, 2.24) is 29.4 Å². The molecular weight excluding hydrogens is 356 g/mol. The number of aromatic nitrogens is 6. The predicted molar refractivity (Wildman–Crippen MR) is 102 cm³/mol. The third-order valence-electron chi connectivity index (χ3n) is 4.12. The Morgan fingerprint density at radius 2 is 1.96 bits per heavy atom. The number of carbonyl (C=O) groups is 1. The molecule has 0 aromatic carbocycles. The first kappa shape index (κ1) is 17.1. The van der Waals surface area contributed by atoms with Gasteiger partial charge in [-0.1, -0.05) is 6.58 Å². The van der Waals surface area contributed by atoms with E-state index in [0.29, 0.717) is 28.2 Å². The Morgan fingerprint density at radius 1 is 1.18 bits per heavy atom. The summed E-state index contributed by atoms with van der Waals surface area (Å²) in [6.45, 7) is 3.41. The minimum absolute atomic E-state index is 0.347. The second-order valence-corrected chi connectivity index (χ2v) is 6.00. The molecule has 0 saturated heterocycles. The van der Waals surface area contributed by atoms with Crippen molar-refractivity contribution in [2.75, 3.05) is 5.32 Å². The lowest BCUT2D eigenvalue weighted by atomic mass is 10.1. The lowest BCUT2D eigenvalue weighted by Crippen LogP contribution is -2.08. The van der Waals surface area contributed by atoms with Crippen molar-refractivity contribution in [3.63, 3.8) is 0 Å². The van der Waals surface area contributed by atoms with Gasteiger partial charge in [-0.2, -0.15) is 15.5 Å². The number of carbonyl (C=O) groups excluding carboxylic acids is 1. The largest absolute Gasteiger partial charge is 0.320 e. The zero-order valence-corrected chi connectivity index (χ0v) is 14.9. The van der Waals surface area contributed by atoms with Gasteiger partial charge in [0.1, 0.15) is 6.07 Å². The number of nitriles is 1. The maximum Gasteiger partial charge on any atom is 0.247 e. The van der Waals surface area contributed by atoms with Crippen molar-refractivity contribution < 1.29 is 4.79 Å². The minimum Gasteiger partial charge on any atom is -0.320 e. The second-order valence-electron chi connectivity index (χ2n) is 6.00. The first-order valence-corrected chi connectivity index (χ1v) is 8.25. The number of amides is 1. The van der Waals surface area contributed by atoms with Crippen LogP contribution in [-0.2, 0) is 11.8 Å². The Balaban J connectivity index is 1.86. The van der Waals surface area contributed by atoms with Crippen LogP contribution in [0.25, 0.3) is 28.0 Å². The van der Waals surface area contributed by atoms with Crippen LogP contribution in [0.4, 0.5) is 5.69 Å². The van der Waals surface area contributed by atoms with Crippen LogP contribution in [0, 0.1) is 11.3 Å². The summed E-state index contributed by atoms with van der Waals surface area (Å²) >= 11 is 0. The van der Waals surface area contributed by atoms with E-state index in [-0.39, 0.29) is 5.91 Å². The van der Waals surface area contributed by atoms with Gasteiger partial charge in [-0.15, -0.1) is 0 Å². The summed E-state index contributed by atoms with van der Waals surface area (Å²) in [5, 5.41) is 20.5. The molecule has 4 rings (SSSR count). The van der Waals surface area contributed by atoms with Crippen LogP contribution >= 0.6 is 0 Å². The number of rotatable bonds is 4. The highest BCUT2D eigenvalue weighted by atomic mass is 16.1. The van der Waals surface area contributed by atoms with E-state index < -0.39 is 0 Å². The summed E-state index contributed by atoms with van der Waals surface area (Å²) in [5.41, 5.74) is 3.88. The molecule has 0 unspecified atom stereocenters. The van der Waals surface area contributed by atoms with Crippen LogP contribution < -0.4 is 5.32 Å². The van der Waals surface area contributed by atoms with Gasteiger partial charge in [0.05, 0.1) is 41.6 Å². The molecule has 0 aliphatic rings. The quantitative estimate of drug-likeness (QED) is 0.551. The monoisotopic (exact) mass is 370 g/mol. The molecule has 0 aliphatic heterocycles. The van der Waals surface area contributed by atoms with E-state index >= 15 is 0 Å². The van der Waals surface area contributed by atoms with Crippen molar-refractivity contribution in [3.8, 4) is 28.6 Å². The van der Waals surface area contributed by atoms with E-state index in [0.717, 1.165) is 11.1 Å². The van der Waals surface area contributed by atoms with E-state index in [2.05, 4.69) is 38.1 Å². The molecular formula is C19H14N8O. The average Bonchev–Trinajstić information content (AvgIpc) is 3.33. The average molecular weight is 370 g/mol. The van der Waals surface area contributed by atoms with Gasteiger partial charge in [0, 0.05) is 36.1 Å². The van der Waals surface area contributed by atoms with Crippen LogP contribution in [0.5, 0.6) is 0 Å². The third-order valence-corrected chi connectivity index (χ3v) is 4.12. The predicted octanol–water partition coefficient (Wildman–Crippen LogP) is 2.19. The zero-order chi connectivity index (χ0) is 19.7. The molecule has 9 nitrogen and oxygen atoms in total. The van der Waals surface area contributed by atoms with Gasteiger partial charge in [-0.3, -0.25) is 9.48 Å². The number of aryl methyl sites for hydroxylation is 1. The van der Waals surface area contributed by atoms with Crippen LogP contribution in [0.1, 0.15) is 5.56 Å². The van der Waals surface area contributed by atoms with Crippen molar-refractivity contribution in [1.29, 1.82) is 5.26 Å². The Kier molecular flexibility index (Phi) is 4.14. The first-order chi connectivity index (χ1) is 13.6. The van der Waals surface area contributed by atoms with Crippen LogP contribution in [0.3, 0.4) is 0 Å². The Bertz CT molecular complexity index is 1240. The SMILES string of the molecule is C=CC(=O)Nc1cnc(-c2cc(-c3cnn(C)c3)cn3ncc(C#N)c23)nc1. The summed E-state index contributed by atoms with van der Waals surface area (Å²) in [5.74, 6) is 0.0595. The van der Waals surface area contributed by atoms with Crippen molar-refractivity contribution >= 4 is 17.1 Å². The third kappa shape index (κ3) is 2.99. The van der Waals surface area contributed by atoms with Gasteiger partial charge in [0.25, 0.3) is 0 Å². The second kappa shape index (κ2) is 6.77. The number of hydrogen-bond acceptors (Lipinski definition) is 6. The van der Waals surface area contributed by atoms with E-state index in [1.54, 1.807) is 15.4 Å². The fourth-order valence-corrected chi connectivity index (χ4v) is 2.83. The highest BCUT2D eigenvalue weighted by molar-refractivity contribution is 5.98. The lowest BCUT2D eigenvalue weighted by Gasteiger charge is -2.08. The van der Waals surface area contributed by atoms with Crippen LogP contribution in [-0.4, -0.2) is 35.3 Å². The molecule has 4 heterocycles. The smallest absolute Gasteiger partial charge is 0.247 e. The Hall–Kier alpha value is -4.32. The number of fused-ring (bicyclic) bond motifs is 1. The number of nitrogens with one attached hydrogen (secondary N) is 1. The van der Waals surface area contributed by atoms with Gasteiger partial charge < -0.3 is 5.32 Å². The molecule has 28 heavy (non-hydrogen) atoms. The number of pyridine rings is 1. The molecule has 0 fully saturated rings. The van der Waals surface area contributed by atoms with Gasteiger partial charge in [0.2, 0.25) is 5.91 Å². The van der Waals surface area contributed by atoms with Crippen molar-refractivity contribution in [2.24, 2.45) is 7.05 Å². The lowest BCUT2D eigenvalue weighted by molar-refractivity contribution is -0.111. The molecule has 0 atom stereocenters. The van der Waals surface area contributed by atoms with Gasteiger partial charge in [-0.05, 0) is 12.1 Å². The van der Waals surface area contributed by atoms with Crippen LogP contribution in [0.2, 0.25) is 0 Å². The molecule has 136 valence electrons. The highest BCUT2D eigenvalue weighted by Gasteiger charge is 2.16. The summed E-state index contributed by atoms with van der Waals surface area (Å²) in [6, 6.07) is 4.04. The van der Waals surface area contributed by atoms with Gasteiger partial charge >= 0.3 is 0 Å². The van der Waals surface area contributed by atoms with Crippen molar-refractivity contribution in [2.45, 2.75) is 0 Å². The molecule has 0 bridgehead atoms. The molecule has 0 radical (unpaired) electrons. The van der Waals surface area contributed by atoms with E-state index in [1.807, 2.05) is 25.5 Å². The number of hydrogen-bond donors (Lipinski definition) is 1. The molecule has 1 N–H and O–H groups in total. The summed E-state index contributed by atoms with van der Waals surface area (Å²) in [6.07, 6.45) is 11.1. The fraction of sp³-hybridized carbons (Fsp3) is 0.0526. The highest BCUT2D eigenvalue weighted by Crippen LogP contribution is 2.30. The number of nitrogens with zero attached hydrogens (tertiary/aromatic N) is 7. The van der Waals surface area contributed by atoms with Gasteiger partial charge in [-0.25, -0.2) is 14.5 Å². The molecule has 9 heteroatoms. The van der Waals surface area contributed by atoms with Crippen molar-refractivity contribution in [3.05, 3.63) is 61.5 Å². The number of anilines is 1. The van der Waals surface area contributed by atoms with Crippen LogP contribution in [0.15, 0.2) is 55.9 Å². The molecule has 0 aliphatic carbocycles. The normalized spacial score (nSPS) is 10.6. The maximum atomic E-state index is 11.4. The topological polar surface area (TPSA) is 114 Å². The maximum absolute atomic E-state index is 11.4. The Labute approximate surface area is 159 Å².